The maximum Gasteiger partial charge on any atom is 0.249 e. The maximum atomic E-state index is 12.5. The molecule has 0 N–H and O–H groups in total. The molecule has 1 atom stereocenters. The van der Waals surface area contributed by atoms with Crippen molar-refractivity contribution >= 4 is 5.91 Å². The van der Waals surface area contributed by atoms with Gasteiger partial charge in [-0.1, -0.05) is 30.6 Å². The van der Waals surface area contributed by atoms with Crippen molar-refractivity contribution in [3.05, 3.63) is 60.0 Å². The molecule has 7 heteroatoms. The molecule has 1 aliphatic heterocycles. The molecule has 1 unspecified atom stereocenters. The number of aromatic nitrogens is 2. The smallest absolute Gasteiger partial charge is 0.249 e. The lowest BCUT2D eigenvalue weighted by Gasteiger charge is -2.22. The van der Waals surface area contributed by atoms with E-state index in [0.717, 1.165) is 35.5 Å². The number of likely N-dealkylation sites (tertiary alicyclic amines) is 1. The molecule has 0 saturated carbocycles. The molecule has 0 aliphatic carbocycles. The lowest BCUT2D eigenvalue weighted by molar-refractivity contribution is -0.129. The van der Waals surface area contributed by atoms with Crippen LogP contribution >= 0.6 is 0 Å². The molecule has 0 radical (unpaired) electrons. The van der Waals surface area contributed by atoms with Gasteiger partial charge in [0.05, 0.1) is 13.7 Å². The minimum Gasteiger partial charge on any atom is -0.497 e. The highest BCUT2D eigenvalue weighted by atomic mass is 16.5. The Morgan fingerprint density at radius 2 is 1.84 bits per heavy atom. The second-order valence-corrected chi connectivity index (χ2v) is 7.61. The molecule has 2 aromatic carbocycles. The lowest BCUT2D eigenvalue weighted by Crippen LogP contribution is -2.27. The number of carbonyl (C=O) groups excluding carboxylic acids is 1. The minimum absolute atomic E-state index is 0.0918. The van der Waals surface area contributed by atoms with Crippen molar-refractivity contribution < 1.29 is 18.8 Å². The normalized spacial score (nSPS) is 16.0. The summed E-state index contributed by atoms with van der Waals surface area (Å²) in [5.74, 6) is 2.69. The standard InChI is InChI=1S/C24H27N3O4/c1-3-4-15-30-20-11-7-18(8-12-20)23-25-24(31-26-23)21-13-14-22(28)27(21)16-17-5-9-19(29-2)10-6-17/h5-12,21H,3-4,13-16H2,1-2H3. The van der Waals surface area contributed by atoms with Gasteiger partial charge in [-0.2, -0.15) is 4.98 Å². The first-order valence-electron chi connectivity index (χ1n) is 10.7. The van der Waals surface area contributed by atoms with Crippen LogP contribution in [0.4, 0.5) is 0 Å². The van der Waals surface area contributed by atoms with E-state index in [1.807, 2.05) is 53.4 Å². The summed E-state index contributed by atoms with van der Waals surface area (Å²) in [5.41, 5.74) is 1.88. The van der Waals surface area contributed by atoms with Crippen LogP contribution in [0.2, 0.25) is 0 Å². The Morgan fingerprint density at radius 1 is 1.10 bits per heavy atom. The Kier molecular flexibility index (Phi) is 6.50. The fraction of sp³-hybridized carbons (Fsp3) is 0.375. The average molecular weight is 421 g/mol. The Balaban J connectivity index is 1.46. The number of methoxy groups -OCH3 is 1. The van der Waals surface area contributed by atoms with Crippen LogP contribution < -0.4 is 9.47 Å². The summed E-state index contributed by atoms with van der Waals surface area (Å²) in [5, 5.41) is 4.14. The van der Waals surface area contributed by atoms with E-state index < -0.39 is 0 Å². The number of nitrogens with zero attached hydrogens (tertiary/aromatic N) is 3. The van der Waals surface area contributed by atoms with E-state index in [0.29, 0.717) is 37.7 Å². The first-order chi connectivity index (χ1) is 15.2. The summed E-state index contributed by atoms with van der Waals surface area (Å²) in [7, 11) is 1.63. The number of unbranched alkanes of at least 4 members (excludes halogenated alkanes) is 1. The first-order valence-corrected chi connectivity index (χ1v) is 10.7. The molecule has 162 valence electrons. The molecule has 1 amide bonds. The minimum atomic E-state index is -0.215. The summed E-state index contributed by atoms with van der Waals surface area (Å²) in [6.45, 7) is 3.34. The number of rotatable bonds is 9. The van der Waals surface area contributed by atoms with Gasteiger partial charge in [0.25, 0.3) is 0 Å². The van der Waals surface area contributed by atoms with Crippen molar-refractivity contribution in [1.29, 1.82) is 0 Å². The molecule has 1 saturated heterocycles. The molecule has 3 aromatic rings. The second-order valence-electron chi connectivity index (χ2n) is 7.61. The fourth-order valence-corrected chi connectivity index (χ4v) is 3.64. The molecule has 1 aromatic heterocycles. The van der Waals surface area contributed by atoms with E-state index in [9.17, 15) is 4.79 Å². The Hall–Kier alpha value is -3.35. The van der Waals surface area contributed by atoms with Gasteiger partial charge in [0.1, 0.15) is 17.5 Å². The zero-order chi connectivity index (χ0) is 21.6. The zero-order valence-corrected chi connectivity index (χ0v) is 17.9. The van der Waals surface area contributed by atoms with Gasteiger partial charge in [-0.3, -0.25) is 4.79 Å². The van der Waals surface area contributed by atoms with E-state index >= 15 is 0 Å². The molecule has 31 heavy (non-hydrogen) atoms. The van der Waals surface area contributed by atoms with E-state index in [-0.39, 0.29) is 11.9 Å². The number of amides is 1. The number of hydrogen-bond donors (Lipinski definition) is 0. The van der Waals surface area contributed by atoms with Crippen molar-refractivity contribution in [2.24, 2.45) is 0 Å². The largest absolute Gasteiger partial charge is 0.497 e. The van der Waals surface area contributed by atoms with Gasteiger partial charge < -0.3 is 18.9 Å². The summed E-state index contributed by atoms with van der Waals surface area (Å²) < 4.78 is 16.5. The Labute approximate surface area is 182 Å². The molecule has 0 spiro atoms. The van der Waals surface area contributed by atoms with Crippen LogP contribution in [0, 0.1) is 0 Å². The first kappa shape index (κ1) is 20.9. The van der Waals surface area contributed by atoms with E-state index in [4.69, 9.17) is 14.0 Å². The summed E-state index contributed by atoms with van der Waals surface area (Å²) in [6.07, 6.45) is 3.27. The van der Waals surface area contributed by atoms with Crippen LogP contribution in [0.5, 0.6) is 11.5 Å². The number of ether oxygens (including phenoxy) is 2. The van der Waals surface area contributed by atoms with E-state index in [2.05, 4.69) is 17.1 Å². The highest BCUT2D eigenvalue weighted by Gasteiger charge is 2.36. The highest BCUT2D eigenvalue weighted by Crippen LogP contribution is 2.34. The van der Waals surface area contributed by atoms with Gasteiger partial charge in [0.2, 0.25) is 17.6 Å². The lowest BCUT2D eigenvalue weighted by atomic mass is 10.1. The van der Waals surface area contributed by atoms with E-state index in [1.54, 1.807) is 7.11 Å². The predicted octanol–water partition coefficient (Wildman–Crippen LogP) is 4.79. The summed E-state index contributed by atoms with van der Waals surface area (Å²) in [4.78, 5) is 18.9. The van der Waals surface area contributed by atoms with Crippen LogP contribution in [0.15, 0.2) is 53.1 Å². The van der Waals surface area contributed by atoms with Crippen LogP contribution in [0.1, 0.15) is 50.1 Å². The topological polar surface area (TPSA) is 77.7 Å². The average Bonchev–Trinajstić information content (AvgIpc) is 3.42. The number of carbonyl (C=O) groups is 1. The quantitative estimate of drug-likeness (QED) is 0.463. The van der Waals surface area contributed by atoms with Crippen LogP contribution in [0.25, 0.3) is 11.4 Å². The fourth-order valence-electron chi connectivity index (χ4n) is 3.64. The SMILES string of the molecule is CCCCOc1ccc(-c2noc(C3CCC(=O)N3Cc3ccc(OC)cc3)n2)cc1. The van der Waals surface area contributed by atoms with Crippen molar-refractivity contribution in [3.63, 3.8) is 0 Å². The van der Waals surface area contributed by atoms with Crippen LogP contribution in [0.3, 0.4) is 0 Å². The second kappa shape index (κ2) is 9.64. The van der Waals surface area contributed by atoms with Crippen molar-refractivity contribution in [3.8, 4) is 22.9 Å². The van der Waals surface area contributed by atoms with Gasteiger partial charge in [0, 0.05) is 18.5 Å². The molecule has 7 nitrogen and oxygen atoms in total. The summed E-state index contributed by atoms with van der Waals surface area (Å²) in [6, 6.07) is 15.2. The number of benzene rings is 2. The summed E-state index contributed by atoms with van der Waals surface area (Å²) >= 11 is 0. The molecule has 4 rings (SSSR count). The molecule has 0 bridgehead atoms. The van der Waals surface area contributed by atoms with Crippen LogP contribution in [-0.4, -0.2) is 34.7 Å². The van der Waals surface area contributed by atoms with Crippen molar-refractivity contribution in [2.75, 3.05) is 13.7 Å². The highest BCUT2D eigenvalue weighted by molar-refractivity contribution is 5.78. The van der Waals surface area contributed by atoms with Gasteiger partial charge in [0.15, 0.2) is 0 Å². The third-order valence-corrected chi connectivity index (χ3v) is 5.45. The van der Waals surface area contributed by atoms with Gasteiger partial charge in [-0.15, -0.1) is 0 Å². The van der Waals surface area contributed by atoms with Gasteiger partial charge in [-0.05, 0) is 54.8 Å². The van der Waals surface area contributed by atoms with Crippen molar-refractivity contribution in [2.45, 2.75) is 45.2 Å². The third kappa shape index (κ3) is 4.87. The third-order valence-electron chi connectivity index (χ3n) is 5.45. The Morgan fingerprint density at radius 3 is 2.55 bits per heavy atom. The molecule has 1 fully saturated rings. The molecule has 1 aliphatic rings. The molecular weight excluding hydrogens is 394 g/mol. The van der Waals surface area contributed by atoms with Gasteiger partial charge in [-0.25, -0.2) is 0 Å². The Bertz CT molecular complexity index is 998. The monoisotopic (exact) mass is 421 g/mol. The van der Waals surface area contributed by atoms with Crippen LogP contribution in [-0.2, 0) is 11.3 Å². The van der Waals surface area contributed by atoms with E-state index in [1.165, 1.54) is 0 Å². The molecule has 2 heterocycles. The maximum absolute atomic E-state index is 12.5. The predicted molar refractivity (Wildman–Crippen MR) is 116 cm³/mol. The van der Waals surface area contributed by atoms with Gasteiger partial charge >= 0.3 is 0 Å². The van der Waals surface area contributed by atoms with Crippen molar-refractivity contribution in [1.82, 2.24) is 15.0 Å². The zero-order valence-electron chi connectivity index (χ0n) is 17.9. The molecular formula is C24H27N3O4. The number of hydrogen-bond acceptors (Lipinski definition) is 6.